The van der Waals surface area contributed by atoms with Crippen molar-refractivity contribution in [3.63, 3.8) is 0 Å². The van der Waals surface area contributed by atoms with Crippen molar-refractivity contribution < 1.29 is 28.5 Å². The first-order valence-electron chi connectivity index (χ1n) is 10.1. The molecule has 0 bridgehead atoms. The third-order valence-electron chi connectivity index (χ3n) is 5.16. The molecule has 8 heteroatoms. The number of piperazine rings is 1. The van der Waals surface area contributed by atoms with E-state index in [0.29, 0.717) is 62.0 Å². The van der Waals surface area contributed by atoms with E-state index in [-0.39, 0.29) is 11.8 Å². The second-order valence-corrected chi connectivity index (χ2v) is 7.00. The van der Waals surface area contributed by atoms with Gasteiger partial charge in [0.1, 0.15) is 5.75 Å². The summed E-state index contributed by atoms with van der Waals surface area (Å²) in [5.41, 5.74) is 0.450. The lowest BCUT2D eigenvalue weighted by atomic mass is 10.1. The molecule has 1 aliphatic rings. The number of carbonyl (C=O) groups excluding carboxylic acids is 2. The highest BCUT2D eigenvalue weighted by Crippen LogP contribution is 2.38. The summed E-state index contributed by atoms with van der Waals surface area (Å²) in [6.07, 6.45) is 0.301. The van der Waals surface area contributed by atoms with Crippen LogP contribution in [0.15, 0.2) is 42.5 Å². The molecular weight excluding hydrogens is 400 g/mol. The molecule has 2 aromatic rings. The largest absolute Gasteiger partial charge is 0.493 e. The van der Waals surface area contributed by atoms with Crippen molar-refractivity contribution in [3.8, 4) is 23.0 Å². The summed E-state index contributed by atoms with van der Waals surface area (Å²) < 4.78 is 21.6. The summed E-state index contributed by atoms with van der Waals surface area (Å²) in [4.78, 5) is 29.0. The van der Waals surface area contributed by atoms with Crippen LogP contribution >= 0.6 is 0 Å². The average molecular weight is 428 g/mol. The van der Waals surface area contributed by atoms with Crippen molar-refractivity contribution in [1.82, 2.24) is 9.80 Å². The van der Waals surface area contributed by atoms with E-state index < -0.39 is 0 Å². The Hall–Kier alpha value is -3.42. The number of para-hydroxylation sites is 1. The molecule has 0 spiro atoms. The topological polar surface area (TPSA) is 77.5 Å². The third kappa shape index (κ3) is 5.39. The minimum absolute atomic E-state index is 0.0239. The fourth-order valence-corrected chi connectivity index (χ4v) is 3.48. The van der Waals surface area contributed by atoms with E-state index in [2.05, 4.69) is 0 Å². The Morgan fingerprint density at radius 1 is 0.839 bits per heavy atom. The van der Waals surface area contributed by atoms with Gasteiger partial charge in [-0.05, 0) is 24.3 Å². The Balaban J connectivity index is 1.54. The number of nitrogens with zero attached hydrogens (tertiary/aromatic N) is 2. The lowest BCUT2D eigenvalue weighted by Crippen LogP contribution is -2.50. The Morgan fingerprint density at radius 3 is 1.97 bits per heavy atom. The van der Waals surface area contributed by atoms with Gasteiger partial charge >= 0.3 is 0 Å². The van der Waals surface area contributed by atoms with Crippen LogP contribution in [0.2, 0.25) is 0 Å². The molecule has 0 radical (unpaired) electrons. The molecule has 3 rings (SSSR count). The SMILES string of the molecule is COc1cc(C(=O)N2CCN(C(=O)CCOc3ccccc3)CC2)cc(OC)c1OC. The first kappa shape index (κ1) is 22.3. The van der Waals surface area contributed by atoms with E-state index in [4.69, 9.17) is 18.9 Å². The Morgan fingerprint density at radius 2 is 1.42 bits per heavy atom. The highest BCUT2D eigenvalue weighted by Gasteiger charge is 2.26. The van der Waals surface area contributed by atoms with Crippen molar-refractivity contribution in [2.75, 3.05) is 54.1 Å². The Bertz CT molecular complexity index is 869. The quantitative estimate of drug-likeness (QED) is 0.643. The Kier molecular flexibility index (Phi) is 7.59. The number of hydrogen-bond donors (Lipinski definition) is 0. The van der Waals surface area contributed by atoms with Gasteiger partial charge in [-0.25, -0.2) is 0 Å². The molecule has 1 saturated heterocycles. The van der Waals surface area contributed by atoms with Crippen LogP contribution in [0.1, 0.15) is 16.8 Å². The lowest BCUT2D eigenvalue weighted by molar-refractivity contribution is -0.133. The van der Waals surface area contributed by atoms with Gasteiger partial charge in [0.15, 0.2) is 11.5 Å². The van der Waals surface area contributed by atoms with Gasteiger partial charge in [0.25, 0.3) is 5.91 Å². The molecule has 0 unspecified atom stereocenters. The van der Waals surface area contributed by atoms with E-state index >= 15 is 0 Å². The van der Waals surface area contributed by atoms with Crippen molar-refractivity contribution in [2.24, 2.45) is 0 Å². The maximum atomic E-state index is 13.0. The van der Waals surface area contributed by atoms with Crippen LogP contribution in [0.5, 0.6) is 23.0 Å². The van der Waals surface area contributed by atoms with Crippen LogP contribution < -0.4 is 18.9 Å². The van der Waals surface area contributed by atoms with Crippen molar-refractivity contribution in [3.05, 3.63) is 48.0 Å². The summed E-state index contributed by atoms with van der Waals surface area (Å²) in [5.74, 6) is 1.93. The first-order valence-corrected chi connectivity index (χ1v) is 10.1. The number of hydrogen-bond acceptors (Lipinski definition) is 6. The molecule has 0 aliphatic carbocycles. The molecule has 1 fully saturated rings. The normalized spacial score (nSPS) is 13.5. The van der Waals surface area contributed by atoms with E-state index in [1.54, 1.807) is 21.9 Å². The molecule has 0 N–H and O–H groups in total. The van der Waals surface area contributed by atoms with Gasteiger partial charge in [-0.2, -0.15) is 0 Å². The minimum Gasteiger partial charge on any atom is -0.493 e. The monoisotopic (exact) mass is 428 g/mol. The standard InChI is InChI=1S/C23H28N2O6/c1-28-19-15-17(16-20(29-2)22(19)30-3)23(27)25-12-10-24(11-13-25)21(26)9-14-31-18-7-5-4-6-8-18/h4-8,15-16H,9-14H2,1-3H3. The summed E-state index contributed by atoms with van der Waals surface area (Å²) >= 11 is 0. The molecule has 2 amide bonds. The van der Waals surface area contributed by atoms with E-state index in [1.807, 2.05) is 30.3 Å². The molecule has 1 heterocycles. The van der Waals surface area contributed by atoms with Gasteiger partial charge < -0.3 is 28.7 Å². The van der Waals surface area contributed by atoms with Crippen LogP contribution in [-0.2, 0) is 4.79 Å². The molecule has 2 aromatic carbocycles. The molecule has 0 atom stereocenters. The van der Waals surface area contributed by atoms with Crippen molar-refractivity contribution in [1.29, 1.82) is 0 Å². The highest BCUT2D eigenvalue weighted by atomic mass is 16.5. The minimum atomic E-state index is -0.140. The zero-order valence-electron chi connectivity index (χ0n) is 18.1. The summed E-state index contributed by atoms with van der Waals surface area (Å²) in [5, 5.41) is 0. The fraction of sp³-hybridized carbons (Fsp3) is 0.391. The maximum absolute atomic E-state index is 13.0. The van der Waals surface area contributed by atoms with Crippen LogP contribution in [0, 0.1) is 0 Å². The van der Waals surface area contributed by atoms with Gasteiger partial charge in [-0.3, -0.25) is 9.59 Å². The van der Waals surface area contributed by atoms with Gasteiger partial charge in [0.2, 0.25) is 11.7 Å². The van der Waals surface area contributed by atoms with Crippen molar-refractivity contribution >= 4 is 11.8 Å². The Labute approximate surface area is 182 Å². The smallest absolute Gasteiger partial charge is 0.254 e. The van der Waals surface area contributed by atoms with Gasteiger partial charge in [-0.1, -0.05) is 18.2 Å². The molecule has 0 saturated carbocycles. The highest BCUT2D eigenvalue weighted by molar-refractivity contribution is 5.96. The number of benzene rings is 2. The van der Waals surface area contributed by atoms with Crippen LogP contribution in [0.3, 0.4) is 0 Å². The molecule has 8 nitrogen and oxygen atoms in total. The van der Waals surface area contributed by atoms with E-state index in [0.717, 1.165) is 5.75 Å². The number of rotatable bonds is 8. The predicted octanol–water partition coefficient (Wildman–Crippen LogP) is 2.47. The second-order valence-electron chi connectivity index (χ2n) is 7.00. The predicted molar refractivity (Wildman–Crippen MR) is 115 cm³/mol. The lowest BCUT2D eigenvalue weighted by Gasteiger charge is -2.35. The maximum Gasteiger partial charge on any atom is 0.254 e. The average Bonchev–Trinajstić information content (AvgIpc) is 2.83. The number of methoxy groups -OCH3 is 3. The number of carbonyl (C=O) groups is 2. The van der Waals surface area contributed by atoms with Gasteiger partial charge in [0, 0.05) is 31.7 Å². The second kappa shape index (κ2) is 10.6. The number of amides is 2. The van der Waals surface area contributed by atoms with Gasteiger partial charge in [0.05, 0.1) is 34.4 Å². The van der Waals surface area contributed by atoms with Crippen LogP contribution in [0.4, 0.5) is 0 Å². The zero-order chi connectivity index (χ0) is 22.2. The third-order valence-corrected chi connectivity index (χ3v) is 5.16. The van der Waals surface area contributed by atoms with Crippen LogP contribution in [0.25, 0.3) is 0 Å². The summed E-state index contributed by atoms with van der Waals surface area (Å²) in [6.45, 7) is 2.22. The molecule has 166 valence electrons. The molecule has 0 aromatic heterocycles. The van der Waals surface area contributed by atoms with Crippen molar-refractivity contribution in [2.45, 2.75) is 6.42 Å². The van der Waals surface area contributed by atoms with E-state index in [1.165, 1.54) is 21.3 Å². The van der Waals surface area contributed by atoms with Gasteiger partial charge in [-0.15, -0.1) is 0 Å². The first-order chi connectivity index (χ1) is 15.1. The molecule has 1 aliphatic heterocycles. The molecule has 31 heavy (non-hydrogen) atoms. The summed E-state index contributed by atoms with van der Waals surface area (Å²) in [7, 11) is 4.54. The van der Waals surface area contributed by atoms with Crippen LogP contribution in [-0.4, -0.2) is 75.7 Å². The summed E-state index contributed by atoms with van der Waals surface area (Å²) in [6, 6.07) is 12.7. The fourth-order valence-electron chi connectivity index (χ4n) is 3.48. The molecular formula is C23H28N2O6. The number of ether oxygens (including phenoxy) is 4. The zero-order valence-corrected chi connectivity index (χ0v) is 18.1. The van der Waals surface area contributed by atoms with E-state index in [9.17, 15) is 9.59 Å².